The minimum Gasteiger partial charge on any atom is -0.359 e. The van der Waals surface area contributed by atoms with Gasteiger partial charge in [-0.25, -0.2) is 4.39 Å². The summed E-state index contributed by atoms with van der Waals surface area (Å²) in [7, 11) is 2.21. The van der Waals surface area contributed by atoms with E-state index in [0.717, 1.165) is 36.9 Å². The van der Waals surface area contributed by atoms with Crippen LogP contribution in [-0.2, 0) is 15.0 Å². The summed E-state index contributed by atoms with van der Waals surface area (Å²) in [6.45, 7) is 9.48. The molecule has 2 fully saturated rings. The standard InChI is InChI=1S/C30H38FN3O2.CH3F/c1-29(2,3)34-18-24(20-9-11-21(31)12-10-20)25(19-34)28(36)33-15-13-30(14-16-33)17-23(27(35)32-4)22-7-5-6-8-26(22)30;1-2/h5-12,23-25H,13-19H2,1-4H3,(H,32,35);1H3/t23-,24+,25-;/m1./s1. The van der Waals surface area contributed by atoms with Gasteiger partial charge >= 0.3 is 0 Å². The lowest BCUT2D eigenvalue weighted by atomic mass is 9.73. The second-order valence-corrected chi connectivity index (χ2v) is 11.9. The molecular weight excluding hydrogens is 484 g/mol. The van der Waals surface area contributed by atoms with E-state index in [1.807, 2.05) is 18.2 Å². The monoisotopic (exact) mass is 525 g/mol. The lowest BCUT2D eigenvalue weighted by Gasteiger charge is -2.41. The Balaban J connectivity index is 0.00000164. The molecule has 1 aliphatic carbocycles. The zero-order chi connectivity index (χ0) is 27.7. The molecule has 3 aliphatic rings. The molecule has 0 unspecified atom stereocenters. The largest absolute Gasteiger partial charge is 0.359 e. The first-order valence-electron chi connectivity index (χ1n) is 13.6. The number of fused-ring (bicyclic) bond motifs is 2. The zero-order valence-corrected chi connectivity index (χ0v) is 23.3. The van der Waals surface area contributed by atoms with E-state index < -0.39 is 0 Å². The number of hydrogen-bond acceptors (Lipinski definition) is 3. The van der Waals surface area contributed by atoms with Gasteiger partial charge in [0.15, 0.2) is 0 Å². The molecule has 206 valence electrons. The van der Waals surface area contributed by atoms with Crippen LogP contribution in [0.3, 0.4) is 0 Å². The van der Waals surface area contributed by atoms with Crippen LogP contribution in [0.1, 0.15) is 68.6 Å². The van der Waals surface area contributed by atoms with Gasteiger partial charge in [0.05, 0.1) is 19.0 Å². The average Bonchev–Trinajstić information content (AvgIpc) is 3.51. The predicted molar refractivity (Wildman–Crippen MR) is 146 cm³/mol. The Bertz CT molecular complexity index is 1140. The molecule has 0 radical (unpaired) electrons. The van der Waals surface area contributed by atoms with Gasteiger partial charge in [-0.2, -0.15) is 0 Å². The van der Waals surface area contributed by atoms with Gasteiger partial charge in [-0.3, -0.25) is 18.9 Å². The van der Waals surface area contributed by atoms with E-state index in [-0.39, 0.29) is 46.3 Å². The van der Waals surface area contributed by atoms with E-state index in [2.05, 4.69) is 54.1 Å². The molecule has 2 heterocycles. The van der Waals surface area contributed by atoms with E-state index in [0.29, 0.717) is 26.8 Å². The van der Waals surface area contributed by atoms with Crippen LogP contribution in [0, 0.1) is 11.7 Å². The molecule has 1 spiro atoms. The summed E-state index contributed by atoms with van der Waals surface area (Å²) in [6.07, 6.45) is 2.56. The molecule has 2 saturated heterocycles. The number of halogens is 2. The zero-order valence-electron chi connectivity index (χ0n) is 23.3. The van der Waals surface area contributed by atoms with Crippen molar-refractivity contribution in [3.8, 4) is 0 Å². The van der Waals surface area contributed by atoms with Gasteiger partial charge in [0.25, 0.3) is 0 Å². The first-order valence-corrected chi connectivity index (χ1v) is 13.6. The highest BCUT2D eigenvalue weighted by Gasteiger charge is 2.49. The molecule has 7 heteroatoms. The van der Waals surface area contributed by atoms with E-state index in [1.54, 1.807) is 7.05 Å². The van der Waals surface area contributed by atoms with Crippen molar-refractivity contribution in [1.82, 2.24) is 15.1 Å². The van der Waals surface area contributed by atoms with Crippen LogP contribution in [0.5, 0.6) is 0 Å². The highest BCUT2D eigenvalue weighted by Crippen LogP contribution is 2.52. The van der Waals surface area contributed by atoms with Crippen molar-refractivity contribution in [2.75, 3.05) is 40.4 Å². The number of hydrogen-bond donors (Lipinski definition) is 1. The Morgan fingerprint density at radius 2 is 1.61 bits per heavy atom. The number of rotatable bonds is 3. The van der Waals surface area contributed by atoms with E-state index in [4.69, 9.17) is 0 Å². The van der Waals surface area contributed by atoms with Crippen LogP contribution in [-0.4, -0.2) is 67.6 Å². The predicted octanol–water partition coefficient (Wildman–Crippen LogP) is 5.02. The smallest absolute Gasteiger partial charge is 0.227 e. The number of likely N-dealkylation sites (N-methyl/N-ethyl adjacent to an activating group) is 1. The molecule has 0 bridgehead atoms. The highest BCUT2D eigenvalue weighted by molar-refractivity contribution is 5.85. The maximum absolute atomic E-state index is 14.0. The molecule has 1 N–H and O–H groups in total. The van der Waals surface area contributed by atoms with Crippen molar-refractivity contribution in [1.29, 1.82) is 0 Å². The summed E-state index contributed by atoms with van der Waals surface area (Å²) < 4.78 is 23.1. The molecule has 5 nitrogen and oxygen atoms in total. The Morgan fingerprint density at radius 3 is 2.21 bits per heavy atom. The summed E-state index contributed by atoms with van der Waals surface area (Å²) >= 11 is 0. The number of piperidine rings is 1. The number of alkyl halides is 1. The minimum atomic E-state index is -0.250. The Kier molecular flexibility index (Phi) is 8.26. The molecule has 0 saturated carbocycles. The van der Waals surface area contributed by atoms with Gasteiger partial charge in [-0.15, -0.1) is 0 Å². The topological polar surface area (TPSA) is 52.7 Å². The fourth-order valence-electron chi connectivity index (χ4n) is 6.82. The van der Waals surface area contributed by atoms with Crippen molar-refractivity contribution in [3.63, 3.8) is 0 Å². The van der Waals surface area contributed by atoms with Gasteiger partial charge in [-0.05, 0) is 68.9 Å². The van der Waals surface area contributed by atoms with Crippen molar-refractivity contribution >= 4 is 11.8 Å². The maximum atomic E-state index is 14.0. The quantitative estimate of drug-likeness (QED) is 0.613. The number of carbonyl (C=O) groups is 2. The maximum Gasteiger partial charge on any atom is 0.227 e. The number of amides is 2. The highest BCUT2D eigenvalue weighted by atomic mass is 19.1. The second-order valence-electron chi connectivity index (χ2n) is 11.9. The molecule has 2 aliphatic heterocycles. The molecule has 2 aromatic carbocycles. The first kappa shape index (κ1) is 28.2. The fourth-order valence-corrected chi connectivity index (χ4v) is 6.82. The average molecular weight is 526 g/mol. The Labute approximate surface area is 225 Å². The van der Waals surface area contributed by atoms with Gasteiger partial charge in [0.2, 0.25) is 11.8 Å². The summed E-state index contributed by atoms with van der Waals surface area (Å²) in [5, 5.41) is 2.84. The first-order chi connectivity index (χ1) is 18.1. The van der Waals surface area contributed by atoms with E-state index in [1.165, 1.54) is 17.7 Å². The van der Waals surface area contributed by atoms with Crippen molar-refractivity contribution in [3.05, 3.63) is 71.0 Å². The SMILES string of the molecule is CF.CNC(=O)[C@@H]1CC2(CCN(C(=O)[C@@H]3CN(C(C)(C)C)C[C@H]3c3ccc(F)cc3)CC2)c2ccccc21. The van der Waals surface area contributed by atoms with Gasteiger partial charge in [-0.1, -0.05) is 36.4 Å². The van der Waals surface area contributed by atoms with Crippen molar-refractivity contribution in [2.45, 2.75) is 62.8 Å². The summed E-state index contributed by atoms with van der Waals surface area (Å²) in [6, 6.07) is 15.0. The Hall–Kier alpha value is -2.80. The fraction of sp³-hybridized carbons (Fsp3) is 0.548. The van der Waals surface area contributed by atoms with Gasteiger partial charge in [0.1, 0.15) is 5.82 Å². The van der Waals surface area contributed by atoms with E-state index >= 15 is 0 Å². The molecular formula is C31H41F2N3O2. The third kappa shape index (κ3) is 5.22. The molecule has 3 atom stereocenters. The number of nitrogens with one attached hydrogen (secondary N) is 1. The summed E-state index contributed by atoms with van der Waals surface area (Å²) in [5.41, 5.74) is 3.38. The van der Waals surface area contributed by atoms with E-state index in [9.17, 15) is 18.4 Å². The summed E-state index contributed by atoms with van der Waals surface area (Å²) in [4.78, 5) is 31.0. The number of benzene rings is 2. The second kappa shape index (κ2) is 11.1. The van der Waals surface area contributed by atoms with Crippen LogP contribution < -0.4 is 5.32 Å². The number of nitrogens with zero attached hydrogens (tertiary/aromatic N) is 2. The van der Waals surface area contributed by atoms with Crippen LogP contribution in [0.4, 0.5) is 8.78 Å². The molecule has 2 aromatic rings. The van der Waals surface area contributed by atoms with Gasteiger partial charge < -0.3 is 10.2 Å². The third-order valence-corrected chi connectivity index (χ3v) is 8.98. The van der Waals surface area contributed by atoms with Crippen LogP contribution in [0.2, 0.25) is 0 Å². The molecule has 5 rings (SSSR count). The molecule has 38 heavy (non-hydrogen) atoms. The molecule has 2 amide bonds. The van der Waals surface area contributed by atoms with Gasteiger partial charge in [0, 0.05) is 50.1 Å². The van der Waals surface area contributed by atoms with Crippen LogP contribution in [0.15, 0.2) is 48.5 Å². The van der Waals surface area contributed by atoms with Crippen LogP contribution in [0.25, 0.3) is 0 Å². The minimum absolute atomic E-state index is 0.0400. The van der Waals surface area contributed by atoms with Crippen LogP contribution >= 0.6 is 0 Å². The summed E-state index contributed by atoms with van der Waals surface area (Å²) in [5.74, 6) is -0.170. The lowest BCUT2D eigenvalue weighted by Crippen LogP contribution is -2.48. The lowest BCUT2D eigenvalue weighted by molar-refractivity contribution is -0.137. The van der Waals surface area contributed by atoms with Crippen molar-refractivity contribution in [2.24, 2.45) is 5.92 Å². The third-order valence-electron chi connectivity index (χ3n) is 8.98. The molecule has 0 aromatic heterocycles. The normalized spacial score (nSPS) is 24.5. The van der Waals surface area contributed by atoms with Crippen molar-refractivity contribution < 1.29 is 18.4 Å². The Morgan fingerprint density at radius 1 is 0.974 bits per heavy atom. The number of carbonyl (C=O) groups excluding carboxylic acids is 2. The number of likely N-dealkylation sites (tertiary alicyclic amines) is 2.